The van der Waals surface area contributed by atoms with Crippen molar-refractivity contribution in [3.8, 4) is 0 Å². The Morgan fingerprint density at radius 1 is 1.11 bits per heavy atom. The minimum Gasteiger partial charge on any atom is -0.326 e. The van der Waals surface area contributed by atoms with Crippen molar-refractivity contribution in [2.75, 3.05) is 18.4 Å². The van der Waals surface area contributed by atoms with Gasteiger partial charge in [0.05, 0.1) is 5.92 Å². The minimum absolute atomic E-state index is 0.0639. The van der Waals surface area contributed by atoms with E-state index in [4.69, 9.17) is 0 Å². The van der Waals surface area contributed by atoms with Gasteiger partial charge in [0, 0.05) is 23.2 Å². The van der Waals surface area contributed by atoms with Crippen LogP contribution < -0.4 is 5.32 Å². The Morgan fingerprint density at radius 3 is 2.52 bits per heavy atom. The molecule has 3 rings (SSSR count). The van der Waals surface area contributed by atoms with Crippen LogP contribution in [-0.2, 0) is 17.8 Å². The molecule has 0 aromatic heterocycles. The molecule has 144 valence electrons. The van der Waals surface area contributed by atoms with Crippen LogP contribution in [0.15, 0.2) is 53.0 Å². The highest BCUT2D eigenvalue weighted by molar-refractivity contribution is 9.10. The SMILES string of the molecule is CCCCc1ccc(NC(=O)C2CCCN(Cc3ccc(Br)cc3)C2)cc1. The van der Waals surface area contributed by atoms with E-state index in [-0.39, 0.29) is 11.8 Å². The lowest BCUT2D eigenvalue weighted by Crippen LogP contribution is -2.40. The number of aryl methyl sites for hydroxylation is 1. The van der Waals surface area contributed by atoms with Crippen molar-refractivity contribution in [2.24, 2.45) is 5.92 Å². The molecule has 2 aromatic rings. The Kier molecular flexibility index (Phi) is 7.48. The first-order chi connectivity index (χ1) is 13.1. The number of piperidine rings is 1. The van der Waals surface area contributed by atoms with Crippen molar-refractivity contribution in [1.29, 1.82) is 0 Å². The number of amides is 1. The summed E-state index contributed by atoms with van der Waals surface area (Å²) in [6.45, 7) is 5.00. The highest BCUT2D eigenvalue weighted by Crippen LogP contribution is 2.21. The molecular weight excluding hydrogens is 400 g/mol. The molecule has 1 unspecified atom stereocenters. The number of hydrogen-bond acceptors (Lipinski definition) is 2. The Hall–Kier alpha value is -1.65. The maximum atomic E-state index is 12.7. The summed E-state index contributed by atoms with van der Waals surface area (Å²) in [6, 6.07) is 16.8. The molecule has 0 aliphatic carbocycles. The number of nitrogens with one attached hydrogen (secondary N) is 1. The normalized spacial score (nSPS) is 17.6. The van der Waals surface area contributed by atoms with Crippen LogP contribution in [0.25, 0.3) is 0 Å². The number of anilines is 1. The van der Waals surface area contributed by atoms with Gasteiger partial charge in [0.2, 0.25) is 5.91 Å². The number of carbonyl (C=O) groups is 1. The van der Waals surface area contributed by atoms with Crippen LogP contribution in [0.1, 0.15) is 43.7 Å². The maximum absolute atomic E-state index is 12.7. The molecule has 1 fully saturated rings. The third-order valence-corrected chi connectivity index (χ3v) is 5.76. The fourth-order valence-corrected chi connectivity index (χ4v) is 3.91. The molecule has 27 heavy (non-hydrogen) atoms. The summed E-state index contributed by atoms with van der Waals surface area (Å²) in [7, 11) is 0. The Labute approximate surface area is 171 Å². The van der Waals surface area contributed by atoms with Gasteiger partial charge in [-0.1, -0.05) is 53.5 Å². The molecule has 0 saturated carbocycles. The number of nitrogens with zero attached hydrogens (tertiary/aromatic N) is 1. The van der Waals surface area contributed by atoms with Crippen LogP contribution in [0.3, 0.4) is 0 Å². The van der Waals surface area contributed by atoms with Gasteiger partial charge in [0.15, 0.2) is 0 Å². The molecular formula is C23H29BrN2O. The monoisotopic (exact) mass is 428 g/mol. The second kappa shape index (κ2) is 10.0. The van der Waals surface area contributed by atoms with Gasteiger partial charge in [0.1, 0.15) is 0 Å². The zero-order chi connectivity index (χ0) is 19.1. The number of halogens is 1. The van der Waals surface area contributed by atoms with E-state index in [1.165, 1.54) is 24.0 Å². The third kappa shape index (κ3) is 6.18. The van der Waals surface area contributed by atoms with Crippen LogP contribution in [0.4, 0.5) is 5.69 Å². The van der Waals surface area contributed by atoms with Gasteiger partial charge in [-0.15, -0.1) is 0 Å². The van der Waals surface area contributed by atoms with E-state index in [0.717, 1.165) is 49.1 Å². The first-order valence-electron chi connectivity index (χ1n) is 10.0. The number of likely N-dealkylation sites (tertiary alicyclic amines) is 1. The Balaban J connectivity index is 1.52. The van der Waals surface area contributed by atoms with Crippen molar-refractivity contribution >= 4 is 27.5 Å². The summed E-state index contributed by atoms with van der Waals surface area (Å²) in [5.41, 5.74) is 3.54. The zero-order valence-corrected chi connectivity index (χ0v) is 17.7. The fourth-order valence-electron chi connectivity index (χ4n) is 3.64. The maximum Gasteiger partial charge on any atom is 0.228 e. The lowest BCUT2D eigenvalue weighted by atomic mass is 9.96. The van der Waals surface area contributed by atoms with E-state index in [1.807, 2.05) is 12.1 Å². The summed E-state index contributed by atoms with van der Waals surface area (Å²) in [6.07, 6.45) is 5.57. The molecule has 0 bridgehead atoms. The molecule has 1 N–H and O–H groups in total. The topological polar surface area (TPSA) is 32.3 Å². The lowest BCUT2D eigenvalue weighted by Gasteiger charge is -2.32. The van der Waals surface area contributed by atoms with Crippen molar-refractivity contribution in [1.82, 2.24) is 4.90 Å². The van der Waals surface area contributed by atoms with E-state index in [1.54, 1.807) is 0 Å². The van der Waals surface area contributed by atoms with Gasteiger partial charge in [-0.25, -0.2) is 0 Å². The zero-order valence-electron chi connectivity index (χ0n) is 16.1. The lowest BCUT2D eigenvalue weighted by molar-refractivity contribution is -0.121. The van der Waals surface area contributed by atoms with Gasteiger partial charge in [-0.05, 0) is 67.6 Å². The molecule has 1 amide bonds. The van der Waals surface area contributed by atoms with Crippen molar-refractivity contribution < 1.29 is 4.79 Å². The first kappa shape index (κ1) is 20.1. The third-order valence-electron chi connectivity index (χ3n) is 5.24. The van der Waals surface area contributed by atoms with Gasteiger partial charge in [-0.3, -0.25) is 9.69 Å². The van der Waals surface area contributed by atoms with Crippen molar-refractivity contribution in [3.63, 3.8) is 0 Å². The standard InChI is InChI=1S/C23H29BrN2O/c1-2-3-5-18-9-13-22(14-10-18)25-23(27)20-6-4-15-26(17-20)16-19-7-11-21(24)12-8-19/h7-14,20H,2-6,15-17H2,1H3,(H,25,27). The van der Waals surface area contributed by atoms with Gasteiger partial charge in [-0.2, -0.15) is 0 Å². The average Bonchev–Trinajstić information content (AvgIpc) is 2.69. The number of rotatable bonds is 7. The highest BCUT2D eigenvalue weighted by atomic mass is 79.9. The smallest absolute Gasteiger partial charge is 0.228 e. The van der Waals surface area contributed by atoms with Gasteiger partial charge >= 0.3 is 0 Å². The predicted octanol–water partition coefficient (Wildman–Crippen LogP) is 5.64. The Bertz CT molecular complexity index is 727. The van der Waals surface area contributed by atoms with E-state index < -0.39 is 0 Å². The molecule has 1 atom stereocenters. The van der Waals surface area contributed by atoms with E-state index >= 15 is 0 Å². The number of benzene rings is 2. The molecule has 1 aliphatic heterocycles. The first-order valence-corrected chi connectivity index (χ1v) is 10.8. The summed E-state index contributed by atoms with van der Waals surface area (Å²) in [5, 5.41) is 3.12. The van der Waals surface area contributed by atoms with Crippen LogP contribution in [0.5, 0.6) is 0 Å². The van der Waals surface area contributed by atoms with Gasteiger partial charge in [0.25, 0.3) is 0 Å². The molecule has 0 spiro atoms. The quantitative estimate of drug-likeness (QED) is 0.618. The van der Waals surface area contributed by atoms with Crippen LogP contribution in [-0.4, -0.2) is 23.9 Å². The van der Waals surface area contributed by atoms with Crippen molar-refractivity contribution in [2.45, 2.75) is 45.6 Å². The van der Waals surface area contributed by atoms with Crippen LogP contribution in [0, 0.1) is 5.92 Å². The summed E-state index contributed by atoms with van der Waals surface area (Å²) >= 11 is 3.48. The van der Waals surface area contributed by atoms with E-state index in [9.17, 15) is 4.79 Å². The fraction of sp³-hybridized carbons (Fsp3) is 0.435. The minimum atomic E-state index is 0.0639. The summed E-state index contributed by atoms with van der Waals surface area (Å²) in [4.78, 5) is 15.1. The summed E-state index contributed by atoms with van der Waals surface area (Å²) < 4.78 is 1.10. The molecule has 1 saturated heterocycles. The second-order valence-electron chi connectivity index (χ2n) is 7.49. The molecule has 4 heteroatoms. The average molecular weight is 429 g/mol. The molecule has 2 aromatic carbocycles. The number of hydrogen-bond donors (Lipinski definition) is 1. The van der Waals surface area contributed by atoms with Crippen LogP contribution in [0.2, 0.25) is 0 Å². The second-order valence-corrected chi connectivity index (χ2v) is 8.41. The van der Waals surface area contributed by atoms with Gasteiger partial charge < -0.3 is 5.32 Å². The largest absolute Gasteiger partial charge is 0.326 e. The highest BCUT2D eigenvalue weighted by Gasteiger charge is 2.25. The Morgan fingerprint density at radius 2 is 1.81 bits per heavy atom. The molecule has 3 nitrogen and oxygen atoms in total. The van der Waals surface area contributed by atoms with Crippen molar-refractivity contribution in [3.05, 3.63) is 64.1 Å². The molecule has 1 heterocycles. The number of unbranched alkanes of at least 4 members (excludes halogenated alkanes) is 1. The number of carbonyl (C=O) groups excluding carboxylic acids is 1. The predicted molar refractivity (Wildman–Crippen MR) is 116 cm³/mol. The van der Waals surface area contributed by atoms with E-state index in [2.05, 4.69) is 69.5 Å². The molecule has 0 radical (unpaired) electrons. The molecule has 1 aliphatic rings. The van der Waals surface area contributed by atoms with Crippen LogP contribution >= 0.6 is 15.9 Å². The summed E-state index contributed by atoms with van der Waals surface area (Å²) in [5.74, 6) is 0.214. The van der Waals surface area contributed by atoms with E-state index in [0.29, 0.717) is 0 Å².